The molecule has 1 saturated heterocycles. The van der Waals surface area contributed by atoms with Crippen molar-refractivity contribution < 1.29 is 41.2 Å². The van der Waals surface area contributed by atoms with Crippen molar-refractivity contribution in [3.8, 4) is 5.75 Å². The molecule has 0 saturated carbocycles. The van der Waals surface area contributed by atoms with Gasteiger partial charge in [-0.2, -0.15) is 8.42 Å². The number of carbonyl (C=O) groups excluding carboxylic acids is 2. The predicted octanol–water partition coefficient (Wildman–Crippen LogP) is 2.28. The molecular formula is C25H28N2O9S2. The number of hydrogen-bond acceptors (Lipinski definition) is 9. The molecule has 0 aliphatic carbocycles. The molecule has 13 heteroatoms. The van der Waals surface area contributed by atoms with Crippen LogP contribution in [-0.2, 0) is 41.5 Å². The van der Waals surface area contributed by atoms with Gasteiger partial charge in [-0.25, -0.2) is 4.79 Å². The van der Waals surface area contributed by atoms with E-state index in [2.05, 4.69) is 5.32 Å². The van der Waals surface area contributed by atoms with Gasteiger partial charge in [0.2, 0.25) is 5.91 Å². The second-order valence-corrected chi connectivity index (χ2v) is 11.8. The number of thioether (sulfide) groups is 1. The third kappa shape index (κ3) is 5.99. The van der Waals surface area contributed by atoms with Crippen LogP contribution < -0.4 is 10.1 Å². The van der Waals surface area contributed by atoms with Crippen LogP contribution in [0.3, 0.4) is 0 Å². The number of unbranched alkanes of at least 4 members (excludes halogenated alkanes) is 1. The number of ether oxygens (including phenoxy) is 1. The molecule has 1 fully saturated rings. The van der Waals surface area contributed by atoms with E-state index in [1.54, 1.807) is 36.4 Å². The zero-order valence-electron chi connectivity index (χ0n) is 20.8. The minimum Gasteiger partial charge on any atom is -0.497 e. The Morgan fingerprint density at radius 2 is 1.95 bits per heavy atom. The van der Waals surface area contributed by atoms with E-state index in [4.69, 9.17) is 13.3 Å². The lowest BCUT2D eigenvalue weighted by molar-refractivity contribution is -0.151. The van der Waals surface area contributed by atoms with Gasteiger partial charge in [-0.05, 0) is 42.7 Å². The number of aliphatic carboxylic acids is 1. The number of nitrogens with one attached hydrogen (secondary N) is 1. The Bertz CT molecular complexity index is 1320. The number of benzene rings is 1. The summed E-state index contributed by atoms with van der Waals surface area (Å²) in [6.07, 6.45) is 2.50. The predicted molar refractivity (Wildman–Crippen MR) is 137 cm³/mol. The Hall–Kier alpha value is -3.45. The quantitative estimate of drug-likeness (QED) is 0.290. The number of hydrogen-bond donors (Lipinski definition) is 2. The van der Waals surface area contributed by atoms with Gasteiger partial charge < -0.3 is 23.8 Å². The molecule has 3 atom stereocenters. The Morgan fingerprint density at radius 3 is 2.55 bits per heavy atom. The van der Waals surface area contributed by atoms with Crippen molar-refractivity contribution in [1.29, 1.82) is 0 Å². The van der Waals surface area contributed by atoms with Gasteiger partial charge in [0, 0.05) is 0 Å². The number of nitrogens with zero attached hydrogens (tertiary/aromatic N) is 1. The summed E-state index contributed by atoms with van der Waals surface area (Å²) in [5, 5.41) is 11.2. The van der Waals surface area contributed by atoms with Crippen molar-refractivity contribution in [2.45, 2.75) is 49.3 Å². The Morgan fingerprint density at radius 1 is 1.21 bits per heavy atom. The minimum atomic E-state index is -4.11. The second-order valence-electron chi connectivity index (χ2n) is 8.79. The summed E-state index contributed by atoms with van der Waals surface area (Å²) in [5.41, 5.74) is 0.242. The van der Waals surface area contributed by atoms with Gasteiger partial charge >= 0.3 is 16.1 Å². The van der Waals surface area contributed by atoms with Crippen LogP contribution in [0.2, 0.25) is 0 Å². The van der Waals surface area contributed by atoms with Crippen molar-refractivity contribution in [3.05, 3.63) is 65.4 Å². The van der Waals surface area contributed by atoms with E-state index in [0.717, 1.165) is 10.5 Å². The van der Waals surface area contributed by atoms with Crippen LogP contribution >= 0.6 is 11.8 Å². The molecule has 1 aromatic heterocycles. The Kier molecular flexibility index (Phi) is 8.36. The van der Waals surface area contributed by atoms with Crippen molar-refractivity contribution >= 4 is 39.7 Å². The van der Waals surface area contributed by atoms with Crippen LogP contribution in [0.25, 0.3) is 0 Å². The molecule has 11 nitrogen and oxygen atoms in total. The number of carbonyl (C=O) groups is 3. The lowest BCUT2D eigenvalue weighted by atomic mass is 10.0. The van der Waals surface area contributed by atoms with E-state index in [0.29, 0.717) is 24.4 Å². The van der Waals surface area contributed by atoms with Gasteiger partial charge in [0.05, 0.1) is 30.8 Å². The zero-order chi connectivity index (χ0) is 27.4. The van der Waals surface area contributed by atoms with E-state index >= 15 is 0 Å². The maximum atomic E-state index is 13.0. The SMILES string of the molecule is CCCCS(=O)(=O)OC1=C(C(=O)O)N2C(=O)C(NC(=O)Cc3ccco3)[C@H]2SC1Cc1ccc(OC)cc1. The molecule has 2 amide bonds. The van der Waals surface area contributed by atoms with E-state index < -0.39 is 50.3 Å². The fourth-order valence-corrected chi connectivity index (χ4v) is 7.03. The van der Waals surface area contributed by atoms with Crippen LogP contribution in [0.1, 0.15) is 31.1 Å². The standard InChI is InChI=1S/C25H28N2O9S2/c1-3-4-12-38(32,33)36-22-18(13-15-7-9-16(34-2)10-8-15)37-24-20(23(29)27(24)21(22)25(30)31)26-19(28)14-17-6-5-11-35-17/h5-11,18,20,24H,3-4,12-14H2,1-2H3,(H,26,28)(H,30,31)/t18?,20?,24-/m1/s1. The molecule has 4 rings (SSSR count). The first-order chi connectivity index (χ1) is 18.1. The Balaban J connectivity index is 1.65. The lowest BCUT2D eigenvalue weighted by Crippen LogP contribution is -2.71. The third-order valence-electron chi connectivity index (χ3n) is 6.09. The number of β-lactam (4-membered cyclic amide) rings is 1. The van der Waals surface area contributed by atoms with Crippen LogP contribution in [-0.4, -0.2) is 65.7 Å². The molecular weight excluding hydrogens is 536 g/mol. The van der Waals surface area contributed by atoms with Crippen molar-refractivity contribution in [3.63, 3.8) is 0 Å². The molecule has 2 aromatic rings. The monoisotopic (exact) mass is 564 g/mol. The van der Waals surface area contributed by atoms with E-state index in [9.17, 15) is 27.9 Å². The average molecular weight is 565 g/mol. The summed E-state index contributed by atoms with van der Waals surface area (Å²) in [4.78, 5) is 38.9. The molecule has 38 heavy (non-hydrogen) atoms. The maximum absolute atomic E-state index is 13.0. The fraction of sp³-hybridized carbons (Fsp3) is 0.400. The summed E-state index contributed by atoms with van der Waals surface area (Å²) < 4.78 is 41.2. The van der Waals surface area contributed by atoms with Crippen LogP contribution in [0.4, 0.5) is 0 Å². The topological polar surface area (TPSA) is 152 Å². The first-order valence-corrected chi connectivity index (χ1v) is 14.5. The smallest absolute Gasteiger partial charge is 0.356 e. The van der Waals surface area contributed by atoms with Gasteiger partial charge in [0.1, 0.15) is 22.9 Å². The number of carboxylic acids is 1. The van der Waals surface area contributed by atoms with Crippen LogP contribution in [0, 0.1) is 0 Å². The molecule has 1 aromatic carbocycles. The van der Waals surface area contributed by atoms with Gasteiger partial charge in [0.25, 0.3) is 5.91 Å². The normalized spacial score (nSPS) is 20.9. The van der Waals surface area contributed by atoms with E-state index in [1.165, 1.54) is 25.1 Å². The summed E-state index contributed by atoms with van der Waals surface area (Å²) in [7, 11) is -2.58. The van der Waals surface area contributed by atoms with Crippen molar-refractivity contribution in [2.75, 3.05) is 12.9 Å². The van der Waals surface area contributed by atoms with Gasteiger partial charge in [-0.15, -0.1) is 11.8 Å². The second kappa shape index (κ2) is 11.5. The highest BCUT2D eigenvalue weighted by Gasteiger charge is 2.57. The summed E-state index contributed by atoms with van der Waals surface area (Å²) in [6, 6.07) is 9.31. The number of carboxylic acid groups (broad SMARTS) is 1. The van der Waals surface area contributed by atoms with Gasteiger partial charge in [-0.3, -0.25) is 14.5 Å². The minimum absolute atomic E-state index is 0.0882. The first kappa shape index (κ1) is 27.6. The highest BCUT2D eigenvalue weighted by molar-refractivity contribution is 8.01. The van der Waals surface area contributed by atoms with Gasteiger partial charge in [-0.1, -0.05) is 25.5 Å². The Labute approximate surface area is 224 Å². The number of fused-ring (bicyclic) bond motifs is 1. The van der Waals surface area contributed by atoms with E-state index in [1.807, 2.05) is 6.92 Å². The average Bonchev–Trinajstić information content (AvgIpc) is 3.39. The van der Waals surface area contributed by atoms with Crippen LogP contribution in [0.5, 0.6) is 5.75 Å². The molecule has 0 spiro atoms. The van der Waals surface area contributed by atoms with Crippen molar-refractivity contribution in [2.24, 2.45) is 0 Å². The molecule has 2 N–H and O–H groups in total. The fourth-order valence-electron chi connectivity index (χ4n) is 4.19. The largest absolute Gasteiger partial charge is 0.497 e. The summed E-state index contributed by atoms with van der Waals surface area (Å²) >= 11 is 1.17. The van der Waals surface area contributed by atoms with E-state index in [-0.39, 0.29) is 24.4 Å². The first-order valence-electron chi connectivity index (χ1n) is 12.0. The molecule has 0 radical (unpaired) electrons. The maximum Gasteiger partial charge on any atom is 0.356 e. The number of furan rings is 1. The highest BCUT2D eigenvalue weighted by Crippen LogP contribution is 2.46. The summed E-state index contributed by atoms with van der Waals surface area (Å²) in [6.45, 7) is 1.82. The molecule has 204 valence electrons. The highest BCUT2D eigenvalue weighted by atomic mass is 32.2. The van der Waals surface area contributed by atoms with Crippen molar-refractivity contribution in [1.82, 2.24) is 10.2 Å². The molecule has 0 bridgehead atoms. The molecule has 2 aliphatic rings. The van der Waals surface area contributed by atoms with Crippen LogP contribution in [0.15, 0.2) is 58.5 Å². The number of amides is 2. The number of rotatable bonds is 12. The molecule has 3 heterocycles. The molecule has 2 unspecified atom stereocenters. The third-order valence-corrected chi connectivity index (χ3v) is 8.79. The number of methoxy groups -OCH3 is 1. The molecule has 2 aliphatic heterocycles. The van der Waals surface area contributed by atoms with Gasteiger partial charge in [0.15, 0.2) is 11.5 Å². The zero-order valence-corrected chi connectivity index (χ0v) is 22.4. The summed E-state index contributed by atoms with van der Waals surface area (Å²) in [5.74, 6) is -2.18. The lowest BCUT2D eigenvalue weighted by Gasteiger charge is -2.50.